The maximum atomic E-state index is 12.1. The number of nitrogens with one attached hydrogen (secondary N) is 1. The second-order valence-corrected chi connectivity index (χ2v) is 8.22. The summed E-state index contributed by atoms with van der Waals surface area (Å²) in [7, 11) is -2.60. The molecule has 0 unspecified atom stereocenters. The van der Waals surface area contributed by atoms with Crippen LogP contribution in [0.4, 0.5) is 10.8 Å². The third-order valence-corrected chi connectivity index (χ3v) is 5.44. The van der Waals surface area contributed by atoms with E-state index in [2.05, 4.69) is 19.9 Å². The van der Waals surface area contributed by atoms with Crippen molar-refractivity contribution in [2.75, 3.05) is 17.1 Å². The van der Waals surface area contributed by atoms with Crippen LogP contribution in [0.2, 0.25) is 0 Å². The van der Waals surface area contributed by atoms with Crippen LogP contribution in [0.15, 0.2) is 28.3 Å². The van der Waals surface area contributed by atoms with Gasteiger partial charge in [-0.25, -0.2) is 40.1 Å². The molecule has 12 nitrogen and oxygen atoms in total. The third kappa shape index (κ3) is 4.15. The van der Waals surface area contributed by atoms with Gasteiger partial charge in [0.2, 0.25) is 10.0 Å². The Morgan fingerprint density at radius 1 is 1.46 bits per heavy atom. The van der Waals surface area contributed by atoms with E-state index < -0.39 is 10.0 Å². The highest BCUT2D eigenvalue weighted by atomic mass is 32.2. The average Bonchev–Trinajstić information content (AvgIpc) is 2.99. The van der Waals surface area contributed by atoms with E-state index in [-0.39, 0.29) is 22.0 Å². The first-order valence-electron chi connectivity index (χ1n) is 6.68. The van der Waals surface area contributed by atoms with Gasteiger partial charge in [0.25, 0.3) is 0 Å². The summed E-state index contributed by atoms with van der Waals surface area (Å²) in [5.74, 6) is 10.2. The van der Waals surface area contributed by atoms with Crippen LogP contribution in [0.1, 0.15) is 5.56 Å². The number of nitrogens with zero attached hydrogens (tertiary/aromatic N) is 3. The number of hydrazone groups is 1. The molecule has 0 bridgehead atoms. The molecule has 0 fully saturated rings. The van der Waals surface area contributed by atoms with E-state index in [4.69, 9.17) is 28.3 Å². The van der Waals surface area contributed by atoms with Gasteiger partial charge >= 0.3 is 0 Å². The number of aromatic nitrogens is 1. The summed E-state index contributed by atoms with van der Waals surface area (Å²) in [5.41, 5.74) is 14.6. The first kappa shape index (κ1) is 20.2. The van der Waals surface area contributed by atoms with E-state index in [1.807, 2.05) is 0 Å². The van der Waals surface area contributed by atoms with Gasteiger partial charge in [-0.3, -0.25) is 4.31 Å². The Bertz CT molecular complexity index is 928. The molecule has 15 heteroatoms. The molecule has 2 rings (SSSR count). The standard InChI is InChI=1S/C11H17N9O3S3/c1-20(25-23-15)9-7(26(16,21)22)3-2-5(6-4-17-11(13)24-6)8(9)10(12)18-19-14/h2-4,19H,14-15H2,1H3,(H2,12,18)(H2,13,17)(H2,16,21,22). The second-order valence-electron chi connectivity index (χ2n) is 4.74. The number of rotatable bonds is 7. The fourth-order valence-electron chi connectivity index (χ4n) is 2.22. The number of thiazole rings is 1. The molecule has 1 heterocycles. The van der Waals surface area contributed by atoms with E-state index in [1.54, 1.807) is 0 Å². The number of amidine groups is 1. The second kappa shape index (κ2) is 8.04. The SMILES string of the molecule is CN(SON)c1c(S(N)(=O)=O)ccc(-c2cnc(N)s2)c1/C(N)=N/NN. The lowest BCUT2D eigenvalue weighted by Gasteiger charge is -2.23. The van der Waals surface area contributed by atoms with Crippen LogP contribution in [0.25, 0.3) is 10.4 Å². The van der Waals surface area contributed by atoms with Gasteiger partial charge in [0.05, 0.1) is 16.1 Å². The van der Waals surface area contributed by atoms with E-state index in [9.17, 15) is 8.42 Å². The highest BCUT2D eigenvalue weighted by molar-refractivity contribution is 7.96. The smallest absolute Gasteiger partial charge is 0.240 e. The van der Waals surface area contributed by atoms with Gasteiger partial charge in [-0.1, -0.05) is 17.4 Å². The summed E-state index contributed by atoms with van der Waals surface area (Å²) in [6, 6.07) is 2.85. The minimum atomic E-state index is -4.11. The van der Waals surface area contributed by atoms with Crippen molar-refractivity contribution in [2.45, 2.75) is 4.90 Å². The van der Waals surface area contributed by atoms with Crippen molar-refractivity contribution in [3.8, 4) is 10.4 Å². The van der Waals surface area contributed by atoms with Crippen molar-refractivity contribution < 1.29 is 12.7 Å². The highest BCUT2D eigenvalue weighted by Gasteiger charge is 2.27. The van der Waals surface area contributed by atoms with Crippen molar-refractivity contribution in [3.63, 3.8) is 0 Å². The monoisotopic (exact) mass is 419 g/mol. The first-order chi connectivity index (χ1) is 12.2. The molecule has 0 aliphatic carbocycles. The van der Waals surface area contributed by atoms with Gasteiger partial charge in [0.1, 0.15) is 17.1 Å². The van der Waals surface area contributed by atoms with E-state index >= 15 is 0 Å². The quantitative estimate of drug-likeness (QED) is 0.0800. The molecule has 0 saturated heterocycles. The molecule has 0 aliphatic heterocycles. The van der Waals surface area contributed by atoms with Crippen LogP contribution in [0.5, 0.6) is 0 Å². The average molecular weight is 420 g/mol. The lowest BCUT2D eigenvalue weighted by atomic mass is 10.0. The molecule has 0 saturated carbocycles. The summed E-state index contributed by atoms with van der Waals surface area (Å²) in [5, 5.41) is 9.41. The van der Waals surface area contributed by atoms with Crippen LogP contribution in [-0.2, 0) is 14.3 Å². The van der Waals surface area contributed by atoms with Crippen molar-refractivity contribution >= 4 is 50.2 Å². The van der Waals surface area contributed by atoms with Crippen LogP contribution < -0.4 is 38.2 Å². The molecular weight excluding hydrogens is 402 g/mol. The van der Waals surface area contributed by atoms with Crippen LogP contribution in [0, 0.1) is 0 Å². The van der Waals surface area contributed by atoms with Crippen molar-refractivity contribution in [2.24, 2.45) is 27.7 Å². The molecule has 142 valence electrons. The number of hydrogen-bond acceptors (Lipinski definition) is 12. The normalized spacial score (nSPS) is 12.2. The number of hydrogen-bond donors (Lipinski definition) is 6. The van der Waals surface area contributed by atoms with E-state index in [1.165, 1.54) is 41.0 Å². The number of benzene rings is 1. The molecule has 11 N–H and O–H groups in total. The molecular formula is C11H17N9O3S3. The Kier molecular flexibility index (Phi) is 6.24. The highest BCUT2D eigenvalue weighted by Crippen LogP contribution is 2.40. The van der Waals surface area contributed by atoms with Gasteiger partial charge in [-0.05, 0) is 6.07 Å². The predicted molar refractivity (Wildman–Crippen MR) is 103 cm³/mol. The number of primary sulfonamides is 1. The zero-order valence-corrected chi connectivity index (χ0v) is 15.9. The molecule has 1 aromatic heterocycles. The first-order valence-corrected chi connectivity index (χ1v) is 9.74. The lowest BCUT2D eigenvalue weighted by molar-refractivity contribution is 0.397. The van der Waals surface area contributed by atoms with Crippen molar-refractivity contribution in [3.05, 3.63) is 23.9 Å². The summed E-state index contributed by atoms with van der Waals surface area (Å²) in [4.78, 5) is 4.41. The number of nitrogens with two attached hydrogens (primary N) is 5. The van der Waals surface area contributed by atoms with Crippen LogP contribution >= 0.6 is 23.6 Å². The van der Waals surface area contributed by atoms with E-state index in [0.717, 1.165) is 0 Å². The molecule has 0 atom stereocenters. The number of nitrogen functional groups attached to an aromatic ring is 1. The molecule has 26 heavy (non-hydrogen) atoms. The minimum absolute atomic E-state index is 0.0977. The summed E-state index contributed by atoms with van der Waals surface area (Å²) >= 11 is 1.85. The minimum Gasteiger partial charge on any atom is -0.382 e. The Labute approximate surface area is 157 Å². The zero-order chi connectivity index (χ0) is 19.5. The fourth-order valence-corrected chi connectivity index (χ4v) is 4.15. The van der Waals surface area contributed by atoms with Gasteiger partial charge in [-0.15, -0.1) is 5.10 Å². The molecule has 0 radical (unpaired) electrons. The molecule has 0 spiro atoms. The Morgan fingerprint density at radius 3 is 2.65 bits per heavy atom. The number of sulfonamides is 1. The Balaban J connectivity index is 2.91. The summed E-state index contributed by atoms with van der Waals surface area (Å²) in [6.45, 7) is 0. The topological polar surface area (TPSA) is 214 Å². The fraction of sp³-hybridized carbons (Fsp3) is 0.0909. The predicted octanol–water partition coefficient (Wildman–Crippen LogP) is -0.987. The molecule has 0 amide bonds. The van der Waals surface area contributed by atoms with Gasteiger partial charge < -0.3 is 11.5 Å². The van der Waals surface area contributed by atoms with E-state index in [0.29, 0.717) is 27.8 Å². The number of hydrazine groups is 1. The summed E-state index contributed by atoms with van der Waals surface area (Å²) < 4.78 is 30.0. The van der Waals surface area contributed by atoms with Crippen LogP contribution in [0.3, 0.4) is 0 Å². The van der Waals surface area contributed by atoms with Gasteiger partial charge in [0.15, 0.2) is 11.0 Å². The lowest BCUT2D eigenvalue weighted by Crippen LogP contribution is -2.27. The largest absolute Gasteiger partial charge is 0.382 e. The summed E-state index contributed by atoms with van der Waals surface area (Å²) in [6.07, 6.45) is 1.52. The van der Waals surface area contributed by atoms with Gasteiger partial charge in [0, 0.05) is 18.8 Å². The Hall–Kier alpha value is -2.14. The van der Waals surface area contributed by atoms with Gasteiger partial charge in [-0.2, -0.15) is 0 Å². The van der Waals surface area contributed by atoms with Crippen molar-refractivity contribution in [1.82, 2.24) is 10.5 Å². The number of anilines is 2. The molecule has 0 aliphatic rings. The maximum absolute atomic E-state index is 12.1. The third-order valence-electron chi connectivity index (χ3n) is 3.15. The molecule has 2 aromatic rings. The molecule has 1 aromatic carbocycles. The zero-order valence-electron chi connectivity index (χ0n) is 13.4. The van der Waals surface area contributed by atoms with Crippen molar-refractivity contribution in [1.29, 1.82) is 0 Å². The van der Waals surface area contributed by atoms with Crippen LogP contribution in [-0.4, -0.2) is 26.3 Å². The maximum Gasteiger partial charge on any atom is 0.240 e. The Morgan fingerprint density at radius 2 is 2.15 bits per heavy atom.